The molecule has 0 aromatic carbocycles. The standard InChI is InChI=1S/C9H9FN2O4/c1-3-5(13)6-8(15-3)12-2-4(10)7(14)11-9(12)16-6/h2-3,5-6,8,13H,1H3/t3-,5-,6+,8-/m1/s1. The highest BCUT2D eigenvalue weighted by Crippen LogP contribution is 2.38. The lowest BCUT2D eigenvalue weighted by molar-refractivity contribution is -0.00689. The van der Waals surface area contributed by atoms with Crippen LogP contribution in [0, 0.1) is 5.82 Å². The Kier molecular flexibility index (Phi) is 1.84. The van der Waals surface area contributed by atoms with Crippen LogP contribution in [0.4, 0.5) is 4.39 Å². The number of aliphatic hydroxyl groups is 1. The molecule has 6 nitrogen and oxygen atoms in total. The number of rotatable bonds is 0. The lowest BCUT2D eigenvalue weighted by Crippen LogP contribution is -2.31. The van der Waals surface area contributed by atoms with Gasteiger partial charge in [-0.15, -0.1) is 0 Å². The van der Waals surface area contributed by atoms with E-state index in [4.69, 9.17) is 9.47 Å². The first-order chi connectivity index (χ1) is 7.58. The van der Waals surface area contributed by atoms with E-state index in [2.05, 4.69) is 4.98 Å². The molecule has 86 valence electrons. The monoisotopic (exact) mass is 228 g/mol. The molecular weight excluding hydrogens is 219 g/mol. The highest BCUT2D eigenvalue weighted by Gasteiger charge is 2.49. The molecule has 0 saturated carbocycles. The average molecular weight is 228 g/mol. The van der Waals surface area contributed by atoms with Crippen LogP contribution in [-0.2, 0) is 4.74 Å². The minimum absolute atomic E-state index is 0.0210. The quantitative estimate of drug-likeness (QED) is 0.643. The minimum Gasteiger partial charge on any atom is -0.453 e. The van der Waals surface area contributed by atoms with Crippen molar-refractivity contribution in [1.29, 1.82) is 0 Å². The summed E-state index contributed by atoms with van der Waals surface area (Å²) in [6.07, 6.45) is -1.48. The molecule has 4 atom stereocenters. The molecule has 7 heteroatoms. The van der Waals surface area contributed by atoms with E-state index in [1.807, 2.05) is 0 Å². The molecule has 1 aromatic rings. The molecule has 2 aliphatic heterocycles. The molecule has 0 aliphatic carbocycles. The second kappa shape index (κ2) is 3.02. The lowest BCUT2D eigenvalue weighted by atomic mass is 10.1. The van der Waals surface area contributed by atoms with Gasteiger partial charge in [0.2, 0.25) is 5.82 Å². The van der Waals surface area contributed by atoms with Gasteiger partial charge in [-0.05, 0) is 6.92 Å². The van der Waals surface area contributed by atoms with Crippen molar-refractivity contribution in [3.8, 4) is 6.01 Å². The molecule has 1 aromatic heterocycles. The molecule has 1 fully saturated rings. The van der Waals surface area contributed by atoms with Crippen molar-refractivity contribution in [1.82, 2.24) is 9.55 Å². The second-order valence-electron chi connectivity index (χ2n) is 3.89. The summed E-state index contributed by atoms with van der Waals surface area (Å²) in [5.41, 5.74) is -0.978. The van der Waals surface area contributed by atoms with E-state index < -0.39 is 35.9 Å². The van der Waals surface area contributed by atoms with Crippen molar-refractivity contribution < 1.29 is 19.0 Å². The molecule has 16 heavy (non-hydrogen) atoms. The number of ether oxygens (including phenoxy) is 2. The summed E-state index contributed by atoms with van der Waals surface area (Å²) < 4.78 is 25.0. The van der Waals surface area contributed by atoms with E-state index in [0.29, 0.717) is 0 Å². The predicted molar refractivity (Wildman–Crippen MR) is 48.5 cm³/mol. The molecule has 0 unspecified atom stereocenters. The van der Waals surface area contributed by atoms with Gasteiger partial charge in [0, 0.05) is 0 Å². The Balaban J connectivity index is 2.08. The summed E-state index contributed by atoms with van der Waals surface area (Å²) in [6, 6.07) is -0.0210. The van der Waals surface area contributed by atoms with Gasteiger partial charge in [0.1, 0.15) is 6.10 Å². The van der Waals surface area contributed by atoms with Crippen LogP contribution in [-0.4, -0.2) is 33.0 Å². The fourth-order valence-electron chi connectivity index (χ4n) is 1.99. The number of aliphatic hydroxyl groups excluding tert-OH is 1. The largest absolute Gasteiger partial charge is 0.453 e. The SMILES string of the molecule is C[C@H]1O[C@@H]2[C@@H](Oc3nc(=O)c(F)cn32)[C@@H]1O. The third-order valence-electron chi connectivity index (χ3n) is 2.84. The molecule has 0 spiro atoms. The third kappa shape index (κ3) is 1.12. The van der Waals surface area contributed by atoms with Crippen LogP contribution in [0.1, 0.15) is 13.2 Å². The number of fused-ring (bicyclic) bond motifs is 3. The van der Waals surface area contributed by atoms with Gasteiger partial charge >= 0.3 is 11.6 Å². The number of aromatic nitrogens is 2. The van der Waals surface area contributed by atoms with Gasteiger partial charge in [0.15, 0.2) is 12.3 Å². The Morgan fingerprint density at radius 2 is 2.38 bits per heavy atom. The third-order valence-corrected chi connectivity index (χ3v) is 2.84. The number of hydrogen-bond donors (Lipinski definition) is 1. The van der Waals surface area contributed by atoms with Gasteiger partial charge in [-0.25, -0.2) is 0 Å². The van der Waals surface area contributed by atoms with Crippen LogP contribution in [0.2, 0.25) is 0 Å². The average Bonchev–Trinajstić information content (AvgIpc) is 2.69. The predicted octanol–water partition coefficient (Wildman–Crippen LogP) is -0.578. The first kappa shape index (κ1) is 9.73. The Labute approximate surface area is 89.2 Å². The summed E-state index contributed by atoms with van der Waals surface area (Å²) in [7, 11) is 0. The fourth-order valence-corrected chi connectivity index (χ4v) is 1.99. The van der Waals surface area contributed by atoms with E-state index in [-0.39, 0.29) is 6.01 Å². The molecule has 1 N–H and O–H groups in total. The van der Waals surface area contributed by atoms with Crippen LogP contribution < -0.4 is 10.3 Å². The Morgan fingerprint density at radius 1 is 1.62 bits per heavy atom. The van der Waals surface area contributed by atoms with Crippen LogP contribution in [0.25, 0.3) is 0 Å². The zero-order valence-electron chi connectivity index (χ0n) is 8.33. The maximum Gasteiger partial charge on any atom is 0.311 e. The van der Waals surface area contributed by atoms with Gasteiger partial charge in [0.25, 0.3) is 0 Å². The minimum atomic E-state index is -0.978. The van der Waals surface area contributed by atoms with Gasteiger partial charge in [0.05, 0.1) is 12.3 Å². The van der Waals surface area contributed by atoms with E-state index >= 15 is 0 Å². The number of hydrogen-bond acceptors (Lipinski definition) is 5. The molecule has 3 heterocycles. The van der Waals surface area contributed by atoms with Crippen molar-refractivity contribution in [2.24, 2.45) is 0 Å². The number of halogens is 1. The normalized spacial score (nSPS) is 35.7. The highest BCUT2D eigenvalue weighted by atomic mass is 19.1. The van der Waals surface area contributed by atoms with Gasteiger partial charge < -0.3 is 14.6 Å². The zero-order valence-corrected chi connectivity index (χ0v) is 8.33. The van der Waals surface area contributed by atoms with Crippen LogP contribution in [0.15, 0.2) is 11.0 Å². The van der Waals surface area contributed by atoms with Crippen molar-refractivity contribution >= 4 is 0 Å². The van der Waals surface area contributed by atoms with E-state index in [1.165, 1.54) is 4.57 Å². The zero-order chi connectivity index (χ0) is 11.4. The van der Waals surface area contributed by atoms with Gasteiger partial charge in [-0.2, -0.15) is 9.37 Å². The molecule has 0 bridgehead atoms. The fraction of sp³-hybridized carbons (Fsp3) is 0.556. The van der Waals surface area contributed by atoms with E-state index in [1.54, 1.807) is 6.92 Å². The second-order valence-corrected chi connectivity index (χ2v) is 3.89. The smallest absolute Gasteiger partial charge is 0.311 e. The van der Waals surface area contributed by atoms with Crippen molar-refractivity contribution in [3.63, 3.8) is 0 Å². The molecule has 3 rings (SSSR count). The Bertz CT molecular complexity index is 503. The molecule has 0 radical (unpaired) electrons. The lowest BCUT2D eigenvalue weighted by Gasteiger charge is -2.11. The molecular formula is C9H9FN2O4. The molecule has 2 aliphatic rings. The van der Waals surface area contributed by atoms with Crippen LogP contribution >= 0.6 is 0 Å². The summed E-state index contributed by atoms with van der Waals surface area (Å²) in [6.45, 7) is 1.69. The highest BCUT2D eigenvalue weighted by molar-refractivity contribution is 5.11. The molecule has 1 saturated heterocycles. The van der Waals surface area contributed by atoms with E-state index in [0.717, 1.165) is 6.20 Å². The maximum atomic E-state index is 13.1. The summed E-state index contributed by atoms with van der Waals surface area (Å²) >= 11 is 0. The van der Waals surface area contributed by atoms with Crippen molar-refractivity contribution in [3.05, 3.63) is 22.4 Å². The first-order valence-corrected chi connectivity index (χ1v) is 4.87. The van der Waals surface area contributed by atoms with Crippen LogP contribution in [0.3, 0.4) is 0 Å². The van der Waals surface area contributed by atoms with Crippen LogP contribution in [0.5, 0.6) is 6.01 Å². The summed E-state index contributed by atoms with van der Waals surface area (Å²) in [5.74, 6) is -0.967. The van der Waals surface area contributed by atoms with Gasteiger partial charge in [-0.1, -0.05) is 0 Å². The Hall–Kier alpha value is -1.47. The summed E-state index contributed by atoms with van der Waals surface area (Å²) in [4.78, 5) is 14.4. The van der Waals surface area contributed by atoms with Crippen molar-refractivity contribution in [2.75, 3.05) is 0 Å². The topological polar surface area (TPSA) is 73.6 Å². The first-order valence-electron chi connectivity index (χ1n) is 4.87. The summed E-state index contributed by atoms with van der Waals surface area (Å²) in [5, 5.41) is 9.72. The maximum absolute atomic E-state index is 13.1. The van der Waals surface area contributed by atoms with Crippen molar-refractivity contribution in [2.45, 2.75) is 31.5 Å². The number of nitrogens with zero attached hydrogens (tertiary/aromatic N) is 2. The molecule has 0 amide bonds. The Morgan fingerprint density at radius 3 is 3.12 bits per heavy atom. The van der Waals surface area contributed by atoms with Gasteiger partial charge in [-0.3, -0.25) is 9.36 Å². The van der Waals surface area contributed by atoms with E-state index in [9.17, 15) is 14.3 Å².